The van der Waals surface area contributed by atoms with E-state index >= 15 is 0 Å². The molecular weight excluding hydrogens is 322 g/mol. The Bertz CT molecular complexity index is 765. The zero-order valence-corrected chi connectivity index (χ0v) is 14.3. The van der Waals surface area contributed by atoms with E-state index in [0.29, 0.717) is 32.8 Å². The van der Waals surface area contributed by atoms with Gasteiger partial charge in [0.25, 0.3) is 0 Å². The van der Waals surface area contributed by atoms with E-state index in [4.69, 9.17) is 9.72 Å². The Morgan fingerprint density at radius 1 is 1.27 bits per heavy atom. The molecule has 22 heavy (non-hydrogen) atoms. The van der Waals surface area contributed by atoms with Crippen molar-refractivity contribution in [2.75, 3.05) is 43.9 Å². The Morgan fingerprint density at radius 3 is 2.64 bits per heavy atom. The molecule has 1 fully saturated rings. The Kier molecular flexibility index (Phi) is 4.24. The zero-order valence-electron chi connectivity index (χ0n) is 12.7. The van der Waals surface area contributed by atoms with Crippen LogP contribution in [0.2, 0.25) is 0 Å². The highest BCUT2D eigenvalue weighted by Crippen LogP contribution is 2.34. The summed E-state index contributed by atoms with van der Waals surface area (Å²) in [5.41, 5.74) is 0.884. The maximum Gasteiger partial charge on any atom is 0.211 e. The van der Waals surface area contributed by atoms with Crippen LogP contribution < -0.4 is 9.64 Å². The van der Waals surface area contributed by atoms with Gasteiger partial charge in [0.1, 0.15) is 11.3 Å². The quantitative estimate of drug-likeness (QED) is 0.848. The summed E-state index contributed by atoms with van der Waals surface area (Å²) >= 11 is 1.62. The summed E-state index contributed by atoms with van der Waals surface area (Å²) in [7, 11) is -3.10. The fourth-order valence-corrected chi connectivity index (χ4v) is 4.39. The van der Waals surface area contributed by atoms with Gasteiger partial charge in [0.15, 0.2) is 5.13 Å². The molecule has 0 aliphatic carbocycles. The summed E-state index contributed by atoms with van der Waals surface area (Å²) in [5, 5.41) is 0.926. The predicted molar refractivity (Wildman–Crippen MR) is 89.4 cm³/mol. The molecule has 120 valence electrons. The normalized spacial score (nSPS) is 17.1. The smallest absolute Gasteiger partial charge is 0.211 e. The number of anilines is 1. The van der Waals surface area contributed by atoms with Crippen LogP contribution in [0.15, 0.2) is 18.2 Å². The standard InChI is InChI=1S/C14H19N3O3S2/c1-3-20-11-5-4-6-12-13(11)15-14(21-12)16-7-9-17(10-8-16)22(2,18)19/h4-6H,3,7-10H2,1-2H3. The average Bonchev–Trinajstić information content (AvgIpc) is 2.92. The number of para-hydroxylation sites is 1. The van der Waals surface area contributed by atoms with Crippen LogP contribution in [0.3, 0.4) is 0 Å². The van der Waals surface area contributed by atoms with Crippen LogP contribution in [0.1, 0.15) is 6.92 Å². The number of sulfonamides is 1. The lowest BCUT2D eigenvalue weighted by Crippen LogP contribution is -2.48. The number of hydrogen-bond donors (Lipinski definition) is 0. The van der Waals surface area contributed by atoms with Gasteiger partial charge in [0.05, 0.1) is 17.6 Å². The van der Waals surface area contributed by atoms with Gasteiger partial charge in [0, 0.05) is 26.2 Å². The van der Waals surface area contributed by atoms with Gasteiger partial charge in [-0.15, -0.1) is 0 Å². The predicted octanol–water partition coefficient (Wildman–Crippen LogP) is 1.78. The molecule has 0 N–H and O–H groups in total. The molecule has 1 aromatic carbocycles. The minimum Gasteiger partial charge on any atom is -0.492 e. The zero-order chi connectivity index (χ0) is 15.7. The Labute approximate surface area is 134 Å². The van der Waals surface area contributed by atoms with Gasteiger partial charge in [-0.05, 0) is 19.1 Å². The van der Waals surface area contributed by atoms with Crippen LogP contribution >= 0.6 is 11.3 Å². The molecule has 8 heteroatoms. The summed E-state index contributed by atoms with van der Waals surface area (Å²) in [5.74, 6) is 0.803. The van der Waals surface area contributed by atoms with Crippen molar-refractivity contribution in [2.24, 2.45) is 0 Å². The van der Waals surface area contributed by atoms with Crippen molar-refractivity contribution in [1.82, 2.24) is 9.29 Å². The molecule has 3 rings (SSSR count). The van der Waals surface area contributed by atoms with Gasteiger partial charge in [-0.3, -0.25) is 0 Å². The monoisotopic (exact) mass is 341 g/mol. The maximum absolute atomic E-state index is 11.6. The number of hydrogen-bond acceptors (Lipinski definition) is 6. The first-order valence-electron chi connectivity index (χ1n) is 7.21. The molecule has 1 saturated heterocycles. The molecular formula is C14H19N3O3S2. The van der Waals surface area contributed by atoms with Crippen LogP contribution in [0.5, 0.6) is 5.75 Å². The van der Waals surface area contributed by atoms with E-state index in [9.17, 15) is 8.42 Å². The van der Waals surface area contributed by atoms with E-state index in [2.05, 4.69) is 4.90 Å². The molecule has 0 spiro atoms. The molecule has 0 saturated carbocycles. The fourth-order valence-electron chi connectivity index (χ4n) is 2.53. The largest absolute Gasteiger partial charge is 0.492 e. The van der Waals surface area contributed by atoms with Crippen molar-refractivity contribution in [3.05, 3.63) is 18.2 Å². The average molecular weight is 341 g/mol. The molecule has 0 unspecified atom stereocenters. The van der Waals surface area contributed by atoms with Crippen LogP contribution in [-0.4, -0.2) is 56.7 Å². The molecule has 2 heterocycles. The lowest BCUT2D eigenvalue weighted by Gasteiger charge is -2.32. The second kappa shape index (κ2) is 6.02. The Balaban J connectivity index is 1.82. The van der Waals surface area contributed by atoms with Crippen LogP contribution in [0.4, 0.5) is 5.13 Å². The summed E-state index contributed by atoms with van der Waals surface area (Å²) in [4.78, 5) is 6.83. The van der Waals surface area contributed by atoms with Crippen molar-refractivity contribution >= 4 is 36.7 Å². The molecule has 1 aliphatic rings. The van der Waals surface area contributed by atoms with Crippen molar-refractivity contribution in [2.45, 2.75) is 6.92 Å². The number of benzene rings is 1. The first kappa shape index (κ1) is 15.5. The van der Waals surface area contributed by atoms with Crippen molar-refractivity contribution in [1.29, 1.82) is 0 Å². The number of ether oxygens (including phenoxy) is 1. The molecule has 0 amide bonds. The van der Waals surface area contributed by atoms with E-state index in [-0.39, 0.29) is 0 Å². The summed E-state index contributed by atoms with van der Waals surface area (Å²) in [6, 6.07) is 5.93. The third kappa shape index (κ3) is 3.04. The molecule has 0 bridgehead atoms. The fraction of sp³-hybridized carbons (Fsp3) is 0.500. The van der Waals surface area contributed by atoms with E-state index in [1.165, 1.54) is 10.6 Å². The highest BCUT2D eigenvalue weighted by Gasteiger charge is 2.25. The molecule has 0 atom stereocenters. The SMILES string of the molecule is CCOc1cccc2sc(N3CCN(S(C)(=O)=O)CC3)nc12. The number of piperazine rings is 1. The number of thiazole rings is 1. The number of rotatable bonds is 4. The maximum atomic E-state index is 11.6. The van der Waals surface area contributed by atoms with Crippen molar-refractivity contribution in [3.8, 4) is 5.75 Å². The number of aromatic nitrogens is 1. The summed E-state index contributed by atoms with van der Waals surface area (Å²) < 4.78 is 31.4. The summed E-state index contributed by atoms with van der Waals surface area (Å²) in [6.45, 7) is 4.91. The van der Waals surface area contributed by atoms with E-state index in [0.717, 1.165) is 21.1 Å². The lowest BCUT2D eigenvalue weighted by molar-refractivity contribution is 0.343. The Morgan fingerprint density at radius 2 is 2.00 bits per heavy atom. The van der Waals surface area contributed by atoms with Gasteiger partial charge in [-0.2, -0.15) is 4.31 Å². The second-order valence-corrected chi connectivity index (χ2v) is 8.17. The van der Waals surface area contributed by atoms with Gasteiger partial charge in [-0.25, -0.2) is 13.4 Å². The highest BCUT2D eigenvalue weighted by molar-refractivity contribution is 7.88. The van der Waals surface area contributed by atoms with Gasteiger partial charge in [0.2, 0.25) is 10.0 Å². The van der Waals surface area contributed by atoms with E-state index < -0.39 is 10.0 Å². The van der Waals surface area contributed by atoms with Crippen LogP contribution in [0.25, 0.3) is 10.2 Å². The van der Waals surface area contributed by atoms with Crippen LogP contribution in [0, 0.1) is 0 Å². The number of fused-ring (bicyclic) bond motifs is 1. The van der Waals surface area contributed by atoms with E-state index in [1.54, 1.807) is 11.3 Å². The van der Waals surface area contributed by atoms with Gasteiger partial charge >= 0.3 is 0 Å². The highest BCUT2D eigenvalue weighted by atomic mass is 32.2. The minimum absolute atomic E-state index is 0.507. The number of nitrogens with zero attached hydrogens (tertiary/aromatic N) is 3. The van der Waals surface area contributed by atoms with E-state index in [1.807, 2.05) is 25.1 Å². The Hall–Kier alpha value is -1.38. The molecule has 6 nitrogen and oxygen atoms in total. The third-order valence-corrected chi connectivity index (χ3v) is 6.03. The molecule has 0 radical (unpaired) electrons. The topological polar surface area (TPSA) is 62.7 Å². The minimum atomic E-state index is -3.10. The molecule has 2 aromatic rings. The third-order valence-electron chi connectivity index (χ3n) is 3.65. The van der Waals surface area contributed by atoms with Crippen molar-refractivity contribution < 1.29 is 13.2 Å². The first-order valence-corrected chi connectivity index (χ1v) is 9.88. The summed E-state index contributed by atoms with van der Waals surface area (Å²) in [6.07, 6.45) is 1.26. The lowest BCUT2D eigenvalue weighted by atomic mass is 10.3. The second-order valence-electron chi connectivity index (χ2n) is 5.18. The van der Waals surface area contributed by atoms with Crippen molar-refractivity contribution in [3.63, 3.8) is 0 Å². The van der Waals surface area contributed by atoms with Gasteiger partial charge in [-0.1, -0.05) is 17.4 Å². The van der Waals surface area contributed by atoms with Gasteiger partial charge < -0.3 is 9.64 Å². The first-order chi connectivity index (χ1) is 10.5. The van der Waals surface area contributed by atoms with Crippen LogP contribution in [-0.2, 0) is 10.0 Å². The molecule has 1 aliphatic heterocycles. The molecule has 1 aromatic heterocycles.